The van der Waals surface area contributed by atoms with Gasteiger partial charge in [-0.1, -0.05) is 12.8 Å². The molecule has 2 heterocycles. The Hall–Kier alpha value is -1.10. The van der Waals surface area contributed by atoms with E-state index in [2.05, 4.69) is 0 Å². The Labute approximate surface area is 133 Å². The van der Waals surface area contributed by atoms with Crippen molar-refractivity contribution < 1.29 is 14.3 Å². The molecule has 0 aromatic carbocycles. The average molecular weight is 308 g/mol. The van der Waals surface area contributed by atoms with Crippen LogP contribution in [0.25, 0.3) is 0 Å². The maximum atomic E-state index is 12.8. The topological polar surface area (TPSA) is 49.9 Å². The van der Waals surface area contributed by atoms with E-state index in [1.54, 1.807) is 4.90 Å². The van der Waals surface area contributed by atoms with E-state index in [0.717, 1.165) is 19.4 Å². The molecule has 5 nitrogen and oxygen atoms in total. The Bertz CT molecular complexity index is 428. The second-order valence-electron chi connectivity index (χ2n) is 7.22. The van der Waals surface area contributed by atoms with Gasteiger partial charge < -0.3 is 14.5 Å². The van der Waals surface area contributed by atoms with E-state index >= 15 is 0 Å². The smallest absolute Gasteiger partial charge is 0.312 e. The number of fused-ring (bicyclic) bond motifs is 1. The summed E-state index contributed by atoms with van der Waals surface area (Å²) in [6, 6.07) is 0.301. The van der Waals surface area contributed by atoms with Crippen LogP contribution in [0.5, 0.6) is 0 Å². The Morgan fingerprint density at radius 2 is 1.55 bits per heavy atom. The zero-order valence-electron chi connectivity index (χ0n) is 13.8. The highest BCUT2D eigenvalue weighted by Gasteiger charge is 2.40. The third kappa shape index (κ3) is 3.14. The second kappa shape index (κ2) is 6.57. The molecular weight excluding hydrogens is 280 g/mol. The van der Waals surface area contributed by atoms with Gasteiger partial charge in [0.05, 0.1) is 12.2 Å². The predicted molar refractivity (Wildman–Crippen MR) is 83.3 cm³/mol. The summed E-state index contributed by atoms with van der Waals surface area (Å²) < 4.78 is 5.66. The molecule has 4 unspecified atom stereocenters. The van der Waals surface area contributed by atoms with Crippen molar-refractivity contribution in [1.82, 2.24) is 9.80 Å². The molecule has 0 spiro atoms. The van der Waals surface area contributed by atoms with E-state index in [9.17, 15) is 9.59 Å². The molecule has 3 rings (SSSR count). The van der Waals surface area contributed by atoms with Crippen LogP contribution >= 0.6 is 0 Å². The molecule has 3 fully saturated rings. The van der Waals surface area contributed by atoms with Crippen LogP contribution in [0.3, 0.4) is 0 Å². The van der Waals surface area contributed by atoms with Crippen LogP contribution in [0.2, 0.25) is 0 Å². The maximum Gasteiger partial charge on any atom is 0.312 e. The summed E-state index contributed by atoms with van der Waals surface area (Å²) in [5, 5.41) is 0. The molecule has 0 aromatic heterocycles. The minimum atomic E-state index is -0.326. The molecule has 5 heteroatoms. The first-order valence-corrected chi connectivity index (χ1v) is 8.81. The third-order valence-corrected chi connectivity index (χ3v) is 5.39. The molecule has 22 heavy (non-hydrogen) atoms. The van der Waals surface area contributed by atoms with E-state index in [1.165, 1.54) is 25.7 Å². The minimum Gasteiger partial charge on any atom is -0.372 e. The molecule has 1 aliphatic carbocycles. The first kappa shape index (κ1) is 15.8. The number of carbonyl (C=O) groups is 2. The second-order valence-corrected chi connectivity index (χ2v) is 7.22. The van der Waals surface area contributed by atoms with Crippen molar-refractivity contribution in [3.05, 3.63) is 0 Å². The molecule has 3 aliphatic rings. The van der Waals surface area contributed by atoms with Crippen LogP contribution < -0.4 is 0 Å². The Morgan fingerprint density at radius 1 is 0.909 bits per heavy atom. The van der Waals surface area contributed by atoms with Crippen molar-refractivity contribution in [3.8, 4) is 0 Å². The predicted octanol–water partition coefficient (Wildman–Crippen LogP) is 1.80. The maximum absolute atomic E-state index is 12.8. The largest absolute Gasteiger partial charge is 0.372 e. The highest BCUT2D eigenvalue weighted by atomic mass is 16.5. The van der Waals surface area contributed by atoms with Gasteiger partial charge in [-0.3, -0.25) is 9.59 Å². The average Bonchev–Trinajstić information content (AvgIpc) is 2.52. The van der Waals surface area contributed by atoms with E-state index in [4.69, 9.17) is 4.74 Å². The lowest BCUT2D eigenvalue weighted by atomic mass is 9.78. The number of hydrogen-bond acceptors (Lipinski definition) is 3. The molecule has 0 aromatic rings. The number of ether oxygens (including phenoxy) is 1. The van der Waals surface area contributed by atoms with Gasteiger partial charge in [0.1, 0.15) is 0 Å². The fourth-order valence-electron chi connectivity index (χ4n) is 4.48. The van der Waals surface area contributed by atoms with Crippen molar-refractivity contribution in [3.63, 3.8) is 0 Å². The lowest BCUT2D eigenvalue weighted by Gasteiger charge is -2.44. The van der Waals surface area contributed by atoms with Gasteiger partial charge in [0, 0.05) is 25.7 Å². The van der Waals surface area contributed by atoms with Gasteiger partial charge in [-0.05, 0) is 45.4 Å². The highest BCUT2D eigenvalue weighted by Crippen LogP contribution is 2.35. The summed E-state index contributed by atoms with van der Waals surface area (Å²) in [5.41, 5.74) is 0. The molecule has 0 N–H and O–H groups in total. The van der Waals surface area contributed by atoms with Crippen LogP contribution in [0.15, 0.2) is 0 Å². The van der Waals surface area contributed by atoms with Gasteiger partial charge in [-0.25, -0.2) is 0 Å². The summed E-state index contributed by atoms with van der Waals surface area (Å²) in [6.07, 6.45) is 7.01. The standard InChI is InChI=1S/C17H28N2O3/c1-12-10-18(11-13(2)22-12)16(20)17(21)19-9-5-7-14-6-3-4-8-15(14)19/h12-15H,3-11H2,1-2H3. The lowest BCUT2D eigenvalue weighted by molar-refractivity contribution is -0.161. The Morgan fingerprint density at radius 3 is 2.27 bits per heavy atom. The minimum absolute atomic E-state index is 0.00397. The van der Waals surface area contributed by atoms with Crippen LogP contribution in [0.1, 0.15) is 52.4 Å². The SMILES string of the molecule is CC1CN(C(=O)C(=O)N2CCCC3CCCCC32)CC(C)O1. The van der Waals surface area contributed by atoms with Crippen LogP contribution in [0.4, 0.5) is 0 Å². The monoisotopic (exact) mass is 308 g/mol. The summed E-state index contributed by atoms with van der Waals surface area (Å²) in [4.78, 5) is 29.0. The number of piperidine rings is 1. The summed E-state index contributed by atoms with van der Waals surface area (Å²) in [5.74, 6) is 0.00732. The number of likely N-dealkylation sites (tertiary alicyclic amines) is 1. The Kier molecular flexibility index (Phi) is 4.71. The van der Waals surface area contributed by atoms with Gasteiger partial charge in [-0.2, -0.15) is 0 Å². The molecule has 1 saturated carbocycles. The van der Waals surface area contributed by atoms with Crippen LogP contribution in [-0.4, -0.2) is 59.5 Å². The van der Waals surface area contributed by atoms with Gasteiger partial charge in [-0.15, -0.1) is 0 Å². The van der Waals surface area contributed by atoms with E-state index in [0.29, 0.717) is 25.0 Å². The first-order chi connectivity index (χ1) is 10.6. The molecule has 2 saturated heterocycles. The molecule has 0 radical (unpaired) electrons. The number of carbonyl (C=O) groups excluding carboxylic acids is 2. The van der Waals surface area contributed by atoms with E-state index in [1.807, 2.05) is 18.7 Å². The molecule has 2 amide bonds. The number of amides is 2. The molecule has 4 atom stereocenters. The van der Waals surface area contributed by atoms with Crippen molar-refractivity contribution in [2.75, 3.05) is 19.6 Å². The zero-order chi connectivity index (χ0) is 15.7. The van der Waals surface area contributed by atoms with Gasteiger partial charge in [0.2, 0.25) is 0 Å². The lowest BCUT2D eigenvalue weighted by Crippen LogP contribution is -2.57. The number of hydrogen-bond donors (Lipinski definition) is 0. The van der Waals surface area contributed by atoms with Crippen LogP contribution in [0, 0.1) is 5.92 Å². The van der Waals surface area contributed by atoms with Gasteiger partial charge in [0.15, 0.2) is 0 Å². The summed E-state index contributed by atoms with van der Waals surface area (Å²) in [7, 11) is 0. The number of nitrogens with zero attached hydrogens (tertiary/aromatic N) is 2. The van der Waals surface area contributed by atoms with E-state index in [-0.39, 0.29) is 24.0 Å². The molecule has 0 bridgehead atoms. The van der Waals surface area contributed by atoms with Crippen molar-refractivity contribution in [1.29, 1.82) is 0 Å². The Balaban J connectivity index is 1.68. The van der Waals surface area contributed by atoms with Crippen LogP contribution in [-0.2, 0) is 14.3 Å². The fourth-order valence-corrected chi connectivity index (χ4v) is 4.48. The normalized spacial score (nSPS) is 35.9. The summed E-state index contributed by atoms with van der Waals surface area (Å²) in [6.45, 7) is 5.71. The van der Waals surface area contributed by atoms with Crippen molar-refractivity contribution in [2.45, 2.75) is 70.6 Å². The zero-order valence-corrected chi connectivity index (χ0v) is 13.8. The number of rotatable bonds is 0. The van der Waals surface area contributed by atoms with E-state index < -0.39 is 0 Å². The van der Waals surface area contributed by atoms with Gasteiger partial charge >= 0.3 is 11.8 Å². The summed E-state index contributed by atoms with van der Waals surface area (Å²) >= 11 is 0. The van der Waals surface area contributed by atoms with Crippen molar-refractivity contribution in [2.24, 2.45) is 5.92 Å². The van der Waals surface area contributed by atoms with Crippen molar-refractivity contribution >= 4 is 11.8 Å². The molecule has 2 aliphatic heterocycles. The van der Waals surface area contributed by atoms with Gasteiger partial charge in [0.25, 0.3) is 0 Å². The molecule has 124 valence electrons. The third-order valence-electron chi connectivity index (χ3n) is 5.39. The quantitative estimate of drug-likeness (QED) is 0.641. The molecular formula is C17H28N2O3. The number of morpholine rings is 1. The first-order valence-electron chi connectivity index (χ1n) is 8.81. The highest BCUT2D eigenvalue weighted by molar-refractivity contribution is 6.35. The fraction of sp³-hybridized carbons (Fsp3) is 0.882.